The van der Waals surface area contributed by atoms with Gasteiger partial charge in [-0.1, -0.05) is 28.1 Å². The lowest BCUT2D eigenvalue weighted by atomic mass is 9.93. The minimum atomic E-state index is -0.395. The number of allylic oxidation sites excluding steroid dienone is 1. The monoisotopic (exact) mass is 308 g/mol. The van der Waals surface area contributed by atoms with E-state index in [9.17, 15) is 9.59 Å². The number of carbonyl (C=O) groups excluding carboxylic acids is 2. The highest BCUT2D eigenvalue weighted by Crippen LogP contribution is 2.28. The zero-order valence-electron chi connectivity index (χ0n) is 10.1. The Morgan fingerprint density at radius 3 is 2.72 bits per heavy atom. The molecule has 0 bridgehead atoms. The van der Waals surface area contributed by atoms with E-state index in [-0.39, 0.29) is 11.8 Å². The van der Waals surface area contributed by atoms with E-state index in [0.717, 1.165) is 10.0 Å². The SMILES string of the molecule is CC(=O)C1=C(C)NC(=O)N[C@@H]1c1cccc(Br)c1. The Bertz CT molecular complexity index is 552. The minimum Gasteiger partial charge on any atom is -0.327 e. The van der Waals surface area contributed by atoms with E-state index in [1.165, 1.54) is 6.92 Å². The summed E-state index contributed by atoms with van der Waals surface area (Å²) in [6.45, 7) is 3.24. The van der Waals surface area contributed by atoms with Gasteiger partial charge >= 0.3 is 6.03 Å². The van der Waals surface area contributed by atoms with Gasteiger partial charge in [-0.05, 0) is 31.5 Å². The van der Waals surface area contributed by atoms with Crippen molar-refractivity contribution in [1.29, 1.82) is 0 Å². The number of hydrogen-bond acceptors (Lipinski definition) is 2. The Kier molecular flexibility index (Phi) is 3.52. The molecule has 1 aliphatic rings. The maximum atomic E-state index is 11.7. The molecule has 1 aliphatic heterocycles. The maximum absolute atomic E-state index is 11.7. The fraction of sp³-hybridized carbons (Fsp3) is 0.231. The number of ketones is 1. The lowest BCUT2D eigenvalue weighted by molar-refractivity contribution is -0.114. The van der Waals surface area contributed by atoms with Crippen molar-refractivity contribution in [2.45, 2.75) is 19.9 Å². The van der Waals surface area contributed by atoms with E-state index in [0.29, 0.717) is 11.3 Å². The molecule has 1 aromatic rings. The number of amides is 2. The third kappa shape index (κ3) is 2.46. The van der Waals surface area contributed by atoms with Crippen LogP contribution in [0.5, 0.6) is 0 Å². The predicted molar refractivity (Wildman–Crippen MR) is 71.9 cm³/mol. The molecule has 1 aromatic carbocycles. The topological polar surface area (TPSA) is 58.2 Å². The van der Waals surface area contributed by atoms with E-state index in [2.05, 4.69) is 26.6 Å². The molecular formula is C13H13BrN2O2. The third-order valence-corrected chi connectivity index (χ3v) is 3.32. The van der Waals surface area contributed by atoms with Gasteiger partial charge in [-0.2, -0.15) is 0 Å². The summed E-state index contributed by atoms with van der Waals surface area (Å²) in [5.41, 5.74) is 2.08. The molecule has 2 rings (SSSR count). The van der Waals surface area contributed by atoms with Gasteiger partial charge in [-0.3, -0.25) is 4.79 Å². The zero-order valence-corrected chi connectivity index (χ0v) is 11.7. The van der Waals surface area contributed by atoms with E-state index in [1.807, 2.05) is 24.3 Å². The number of benzene rings is 1. The molecule has 0 radical (unpaired) electrons. The van der Waals surface area contributed by atoms with Crippen molar-refractivity contribution < 1.29 is 9.59 Å². The van der Waals surface area contributed by atoms with Gasteiger partial charge in [0.05, 0.1) is 6.04 Å². The van der Waals surface area contributed by atoms with E-state index in [1.54, 1.807) is 6.92 Å². The van der Waals surface area contributed by atoms with Crippen LogP contribution >= 0.6 is 15.9 Å². The van der Waals surface area contributed by atoms with Crippen LogP contribution in [-0.2, 0) is 4.79 Å². The van der Waals surface area contributed by atoms with Gasteiger partial charge in [0.1, 0.15) is 0 Å². The first-order chi connectivity index (χ1) is 8.49. The average Bonchev–Trinajstić information content (AvgIpc) is 2.27. The summed E-state index contributed by atoms with van der Waals surface area (Å²) in [6, 6.07) is 6.87. The van der Waals surface area contributed by atoms with E-state index >= 15 is 0 Å². The highest BCUT2D eigenvalue weighted by Gasteiger charge is 2.28. The highest BCUT2D eigenvalue weighted by molar-refractivity contribution is 9.10. The fourth-order valence-corrected chi connectivity index (χ4v) is 2.51. The van der Waals surface area contributed by atoms with Gasteiger partial charge in [0, 0.05) is 15.7 Å². The second-order valence-electron chi connectivity index (χ2n) is 4.18. The van der Waals surface area contributed by atoms with Crippen LogP contribution in [0.15, 0.2) is 40.0 Å². The van der Waals surface area contributed by atoms with Crippen molar-refractivity contribution in [3.63, 3.8) is 0 Å². The van der Waals surface area contributed by atoms with Crippen molar-refractivity contribution >= 4 is 27.7 Å². The summed E-state index contributed by atoms with van der Waals surface area (Å²) >= 11 is 3.39. The molecule has 18 heavy (non-hydrogen) atoms. The largest absolute Gasteiger partial charge is 0.327 e. The van der Waals surface area contributed by atoms with Crippen LogP contribution in [0.4, 0.5) is 4.79 Å². The van der Waals surface area contributed by atoms with Crippen LogP contribution in [0.1, 0.15) is 25.5 Å². The molecule has 0 aliphatic carbocycles. The van der Waals surface area contributed by atoms with Gasteiger partial charge in [-0.15, -0.1) is 0 Å². The van der Waals surface area contributed by atoms with E-state index in [4.69, 9.17) is 0 Å². The molecule has 2 amide bonds. The van der Waals surface area contributed by atoms with Crippen LogP contribution in [0, 0.1) is 0 Å². The Morgan fingerprint density at radius 2 is 2.11 bits per heavy atom. The third-order valence-electron chi connectivity index (χ3n) is 2.83. The standard InChI is InChI=1S/C13H13BrN2O2/c1-7-11(8(2)17)12(16-13(18)15-7)9-4-3-5-10(14)6-9/h3-6,12H,1-2H3,(H2,15,16,18)/t12-/m1/s1. The van der Waals surface area contributed by atoms with Crippen molar-refractivity contribution in [2.75, 3.05) is 0 Å². The number of halogens is 1. The molecule has 94 valence electrons. The van der Waals surface area contributed by atoms with Crippen molar-refractivity contribution in [3.8, 4) is 0 Å². The number of Topliss-reactive ketones (excluding diaryl/α,β-unsaturated/α-hetero) is 1. The Balaban J connectivity index is 2.50. The van der Waals surface area contributed by atoms with Crippen LogP contribution in [0.3, 0.4) is 0 Å². The zero-order chi connectivity index (χ0) is 13.3. The molecule has 0 saturated carbocycles. The van der Waals surface area contributed by atoms with Gasteiger partial charge in [0.2, 0.25) is 0 Å². The number of rotatable bonds is 2. The molecule has 0 unspecified atom stereocenters. The highest BCUT2D eigenvalue weighted by atomic mass is 79.9. The normalized spacial score (nSPS) is 19.3. The van der Waals surface area contributed by atoms with Crippen LogP contribution < -0.4 is 10.6 Å². The molecule has 1 atom stereocenters. The van der Waals surface area contributed by atoms with Gasteiger partial charge in [0.15, 0.2) is 5.78 Å². The number of nitrogens with one attached hydrogen (secondary N) is 2. The van der Waals surface area contributed by atoms with Crippen molar-refractivity contribution in [2.24, 2.45) is 0 Å². The number of hydrogen-bond donors (Lipinski definition) is 2. The number of urea groups is 1. The number of carbonyl (C=O) groups is 2. The van der Waals surface area contributed by atoms with Crippen molar-refractivity contribution in [3.05, 3.63) is 45.6 Å². The molecule has 0 fully saturated rings. The molecule has 0 saturated heterocycles. The van der Waals surface area contributed by atoms with Gasteiger partial charge < -0.3 is 10.6 Å². The second-order valence-corrected chi connectivity index (χ2v) is 5.10. The quantitative estimate of drug-likeness (QED) is 0.882. The fourth-order valence-electron chi connectivity index (χ4n) is 2.10. The summed E-state index contributed by atoms with van der Waals surface area (Å²) in [7, 11) is 0. The van der Waals surface area contributed by atoms with Gasteiger partial charge in [-0.25, -0.2) is 4.79 Å². The summed E-state index contributed by atoms with van der Waals surface area (Å²) in [4.78, 5) is 23.3. The summed E-state index contributed by atoms with van der Waals surface area (Å²) in [6.07, 6.45) is 0. The molecule has 0 aromatic heterocycles. The predicted octanol–water partition coefficient (Wildman–Crippen LogP) is 2.67. The summed E-state index contributed by atoms with van der Waals surface area (Å²) in [5.74, 6) is -0.0509. The lowest BCUT2D eigenvalue weighted by Gasteiger charge is -2.28. The van der Waals surface area contributed by atoms with Crippen molar-refractivity contribution in [1.82, 2.24) is 10.6 Å². The molecule has 0 spiro atoms. The second kappa shape index (κ2) is 4.94. The Morgan fingerprint density at radius 1 is 1.39 bits per heavy atom. The summed E-state index contributed by atoms with van der Waals surface area (Å²) in [5, 5.41) is 5.39. The molecule has 2 N–H and O–H groups in total. The maximum Gasteiger partial charge on any atom is 0.319 e. The first-order valence-corrected chi connectivity index (χ1v) is 6.33. The van der Waals surface area contributed by atoms with Crippen LogP contribution in [-0.4, -0.2) is 11.8 Å². The molecular weight excluding hydrogens is 296 g/mol. The van der Waals surface area contributed by atoms with Crippen LogP contribution in [0.25, 0.3) is 0 Å². The molecule has 1 heterocycles. The minimum absolute atomic E-state index is 0.0509. The van der Waals surface area contributed by atoms with Gasteiger partial charge in [0.25, 0.3) is 0 Å². The first kappa shape index (κ1) is 12.8. The van der Waals surface area contributed by atoms with E-state index < -0.39 is 6.04 Å². The first-order valence-electron chi connectivity index (χ1n) is 5.53. The Hall–Kier alpha value is -1.62. The van der Waals surface area contributed by atoms with Crippen LogP contribution in [0.2, 0.25) is 0 Å². The molecule has 5 heteroatoms. The average molecular weight is 309 g/mol. The lowest BCUT2D eigenvalue weighted by Crippen LogP contribution is -2.44. The molecule has 4 nitrogen and oxygen atoms in total. The smallest absolute Gasteiger partial charge is 0.319 e. The summed E-state index contributed by atoms with van der Waals surface area (Å²) < 4.78 is 0.910. The Labute approximate surface area is 114 Å².